The van der Waals surface area contributed by atoms with E-state index >= 15 is 0 Å². The van der Waals surface area contributed by atoms with Gasteiger partial charge >= 0.3 is 6.03 Å². The summed E-state index contributed by atoms with van der Waals surface area (Å²) in [6.45, 7) is 0.721. The maximum absolute atomic E-state index is 11.4. The second kappa shape index (κ2) is 5.74. The number of hydrogen-bond acceptors (Lipinski definition) is 1. The van der Waals surface area contributed by atoms with Crippen LogP contribution in [0.3, 0.4) is 0 Å². The van der Waals surface area contributed by atoms with Crippen molar-refractivity contribution in [1.82, 2.24) is 10.6 Å². The van der Waals surface area contributed by atoms with Crippen LogP contribution in [0.25, 0.3) is 10.8 Å². The topological polar surface area (TPSA) is 41.1 Å². The van der Waals surface area contributed by atoms with E-state index in [-0.39, 0.29) is 12.6 Å². The Morgan fingerprint density at radius 2 is 1.89 bits per heavy atom. The lowest BCUT2D eigenvalue weighted by atomic mass is 10.0. The fourth-order valence-corrected chi connectivity index (χ4v) is 1.82. The molecule has 0 unspecified atom stereocenters. The van der Waals surface area contributed by atoms with Gasteiger partial charge in [0, 0.05) is 6.54 Å². The van der Waals surface area contributed by atoms with Gasteiger partial charge in [-0.05, 0) is 16.3 Å². The quantitative estimate of drug-likeness (QED) is 0.791. The molecule has 0 aliphatic heterocycles. The first-order valence-corrected chi connectivity index (χ1v) is 5.73. The number of carbonyl (C=O) groups is 1. The molecule has 0 fully saturated rings. The van der Waals surface area contributed by atoms with E-state index in [1.54, 1.807) is 0 Å². The Kier molecular flexibility index (Phi) is 3.83. The van der Waals surface area contributed by atoms with Gasteiger partial charge in [-0.3, -0.25) is 0 Å². The number of fused-ring (bicyclic) bond motifs is 1. The highest BCUT2D eigenvalue weighted by Crippen LogP contribution is 2.17. The summed E-state index contributed by atoms with van der Waals surface area (Å²) in [6.07, 6.45) is 5.07. The number of rotatable bonds is 3. The minimum atomic E-state index is -0.249. The van der Waals surface area contributed by atoms with Crippen molar-refractivity contribution in [2.75, 3.05) is 6.54 Å². The van der Waals surface area contributed by atoms with Gasteiger partial charge in [-0.1, -0.05) is 48.4 Å². The predicted octanol–water partition coefficient (Wildman–Crippen LogP) is 2.27. The summed E-state index contributed by atoms with van der Waals surface area (Å²) in [6, 6.07) is 13.9. The van der Waals surface area contributed by atoms with Crippen molar-refractivity contribution in [1.29, 1.82) is 0 Å². The highest BCUT2D eigenvalue weighted by atomic mass is 16.2. The van der Waals surface area contributed by atoms with E-state index in [0.717, 1.165) is 10.9 Å². The van der Waals surface area contributed by atoms with Gasteiger partial charge in [0.15, 0.2) is 0 Å². The van der Waals surface area contributed by atoms with Crippen molar-refractivity contribution < 1.29 is 4.79 Å². The molecule has 0 aliphatic carbocycles. The van der Waals surface area contributed by atoms with Gasteiger partial charge in [-0.25, -0.2) is 4.79 Å². The fourth-order valence-electron chi connectivity index (χ4n) is 1.82. The molecule has 90 valence electrons. The molecule has 2 rings (SSSR count). The first kappa shape index (κ1) is 12.0. The number of hydrogen-bond donors (Lipinski definition) is 2. The maximum Gasteiger partial charge on any atom is 0.315 e. The summed E-state index contributed by atoms with van der Waals surface area (Å²) in [5, 5.41) is 7.66. The third-order valence-electron chi connectivity index (χ3n) is 2.67. The van der Waals surface area contributed by atoms with Gasteiger partial charge in [0.2, 0.25) is 0 Å². The Hall–Kier alpha value is -2.47. The number of terminal acetylenes is 1. The summed E-state index contributed by atoms with van der Waals surface area (Å²) in [4.78, 5) is 11.4. The van der Waals surface area contributed by atoms with E-state index in [2.05, 4.69) is 28.7 Å². The lowest BCUT2D eigenvalue weighted by molar-refractivity contribution is 0.241. The Bertz CT molecular complexity index is 593. The standard InChI is InChI=1S/C15H14N2O/c1-2-10-16-15(18)17-11-13-8-5-7-12-6-3-4-9-14(12)13/h1,3-9H,10-11H2,(H2,16,17,18). The molecule has 0 aromatic heterocycles. The molecular formula is C15H14N2O. The average Bonchev–Trinajstić information content (AvgIpc) is 2.42. The van der Waals surface area contributed by atoms with Gasteiger partial charge in [0.1, 0.15) is 0 Å². The molecule has 0 spiro atoms. The summed E-state index contributed by atoms with van der Waals surface area (Å²) in [5.74, 6) is 2.35. The zero-order chi connectivity index (χ0) is 12.8. The molecule has 2 amide bonds. The van der Waals surface area contributed by atoms with E-state index in [9.17, 15) is 4.79 Å². The van der Waals surface area contributed by atoms with Crippen molar-refractivity contribution in [3.63, 3.8) is 0 Å². The van der Waals surface area contributed by atoms with E-state index in [4.69, 9.17) is 6.42 Å². The van der Waals surface area contributed by atoms with Crippen LogP contribution in [0.15, 0.2) is 42.5 Å². The molecule has 0 atom stereocenters. The van der Waals surface area contributed by atoms with Crippen LogP contribution in [0.1, 0.15) is 5.56 Å². The van der Waals surface area contributed by atoms with E-state index in [1.165, 1.54) is 5.39 Å². The molecule has 2 aromatic rings. The summed E-state index contributed by atoms with van der Waals surface area (Å²) < 4.78 is 0. The van der Waals surface area contributed by atoms with Crippen LogP contribution in [0.5, 0.6) is 0 Å². The fraction of sp³-hybridized carbons (Fsp3) is 0.133. The second-order valence-electron chi connectivity index (χ2n) is 3.88. The molecular weight excluding hydrogens is 224 g/mol. The maximum atomic E-state index is 11.4. The summed E-state index contributed by atoms with van der Waals surface area (Å²) in [5.41, 5.74) is 1.09. The highest BCUT2D eigenvalue weighted by Gasteiger charge is 2.02. The number of urea groups is 1. The van der Waals surface area contributed by atoms with Gasteiger partial charge in [0.25, 0.3) is 0 Å². The van der Waals surface area contributed by atoms with Crippen molar-refractivity contribution in [3.05, 3.63) is 48.0 Å². The molecule has 0 saturated carbocycles. The largest absolute Gasteiger partial charge is 0.334 e. The zero-order valence-corrected chi connectivity index (χ0v) is 9.94. The Labute approximate surface area is 106 Å². The normalized spacial score (nSPS) is 9.72. The molecule has 2 N–H and O–H groups in total. The number of carbonyl (C=O) groups excluding carboxylic acids is 1. The molecule has 0 saturated heterocycles. The molecule has 18 heavy (non-hydrogen) atoms. The van der Waals surface area contributed by atoms with Crippen LogP contribution in [0.2, 0.25) is 0 Å². The van der Waals surface area contributed by atoms with E-state index in [1.807, 2.05) is 30.3 Å². The van der Waals surface area contributed by atoms with Crippen molar-refractivity contribution in [3.8, 4) is 12.3 Å². The molecule has 0 heterocycles. The molecule has 0 radical (unpaired) electrons. The lowest BCUT2D eigenvalue weighted by Gasteiger charge is -2.08. The number of benzene rings is 2. The third kappa shape index (κ3) is 2.80. The van der Waals surface area contributed by atoms with Gasteiger partial charge < -0.3 is 10.6 Å². The second-order valence-corrected chi connectivity index (χ2v) is 3.88. The monoisotopic (exact) mass is 238 g/mol. The van der Waals surface area contributed by atoms with Crippen LogP contribution in [0.4, 0.5) is 4.79 Å². The average molecular weight is 238 g/mol. The van der Waals surface area contributed by atoms with Crippen LogP contribution in [0, 0.1) is 12.3 Å². The molecule has 0 aliphatic rings. The van der Waals surface area contributed by atoms with Gasteiger partial charge in [-0.2, -0.15) is 0 Å². The highest BCUT2D eigenvalue weighted by molar-refractivity contribution is 5.86. The van der Waals surface area contributed by atoms with Gasteiger partial charge in [0.05, 0.1) is 6.54 Å². The van der Waals surface area contributed by atoms with Crippen molar-refractivity contribution >= 4 is 16.8 Å². The first-order chi connectivity index (χ1) is 8.81. The van der Waals surface area contributed by atoms with Crippen LogP contribution in [-0.2, 0) is 6.54 Å². The molecule has 3 nitrogen and oxygen atoms in total. The molecule has 3 heteroatoms. The molecule has 2 aromatic carbocycles. The third-order valence-corrected chi connectivity index (χ3v) is 2.67. The summed E-state index contributed by atoms with van der Waals surface area (Å²) in [7, 11) is 0. The Morgan fingerprint density at radius 3 is 2.72 bits per heavy atom. The minimum Gasteiger partial charge on any atom is -0.334 e. The number of nitrogens with one attached hydrogen (secondary N) is 2. The molecule has 0 bridgehead atoms. The van der Waals surface area contributed by atoms with Crippen molar-refractivity contribution in [2.45, 2.75) is 6.54 Å². The van der Waals surface area contributed by atoms with Crippen LogP contribution in [-0.4, -0.2) is 12.6 Å². The van der Waals surface area contributed by atoms with E-state index < -0.39 is 0 Å². The zero-order valence-electron chi connectivity index (χ0n) is 9.94. The Morgan fingerprint density at radius 1 is 1.11 bits per heavy atom. The van der Waals surface area contributed by atoms with Crippen molar-refractivity contribution in [2.24, 2.45) is 0 Å². The minimum absolute atomic E-state index is 0.237. The summed E-state index contributed by atoms with van der Waals surface area (Å²) >= 11 is 0. The first-order valence-electron chi connectivity index (χ1n) is 5.73. The SMILES string of the molecule is C#CCNC(=O)NCc1cccc2ccccc12. The van der Waals surface area contributed by atoms with Gasteiger partial charge in [-0.15, -0.1) is 6.42 Å². The number of amides is 2. The van der Waals surface area contributed by atoms with Crippen LogP contribution < -0.4 is 10.6 Å². The van der Waals surface area contributed by atoms with Crippen LogP contribution >= 0.6 is 0 Å². The lowest BCUT2D eigenvalue weighted by Crippen LogP contribution is -2.35. The predicted molar refractivity (Wildman–Crippen MR) is 73.0 cm³/mol. The smallest absolute Gasteiger partial charge is 0.315 e. The van der Waals surface area contributed by atoms with E-state index in [0.29, 0.717) is 6.54 Å². The Balaban J connectivity index is 2.08.